The van der Waals surface area contributed by atoms with Crippen molar-refractivity contribution in [2.24, 2.45) is 0 Å². The molecule has 0 bridgehead atoms. The van der Waals surface area contributed by atoms with E-state index in [0.29, 0.717) is 18.9 Å². The average molecular weight is 290 g/mol. The number of hydrogen-bond donors (Lipinski definition) is 1. The van der Waals surface area contributed by atoms with E-state index < -0.39 is 0 Å². The predicted molar refractivity (Wildman–Crippen MR) is 75.6 cm³/mol. The maximum Gasteiger partial charge on any atom is 0.231 e. The summed E-state index contributed by atoms with van der Waals surface area (Å²) in [4.78, 5) is 0. The normalized spacial score (nSPS) is 12.7. The molecule has 0 aliphatic carbocycles. The Bertz CT molecular complexity index is 632. The van der Waals surface area contributed by atoms with E-state index in [1.165, 1.54) is 0 Å². The lowest BCUT2D eigenvalue weighted by Gasteiger charge is -2.12. The van der Waals surface area contributed by atoms with Crippen LogP contribution in [0.3, 0.4) is 0 Å². The molecule has 0 spiro atoms. The van der Waals surface area contributed by atoms with E-state index in [-0.39, 0.29) is 6.79 Å². The van der Waals surface area contributed by atoms with E-state index >= 15 is 0 Å². The lowest BCUT2D eigenvalue weighted by Crippen LogP contribution is -2.08. The van der Waals surface area contributed by atoms with Crippen LogP contribution in [0.25, 0.3) is 0 Å². The molecule has 6 heteroatoms. The first kappa shape index (κ1) is 13.8. The Morgan fingerprint density at radius 1 is 1.24 bits per heavy atom. The smallest absolute Gasteiger partial charge is 0.231 e. The molecule has 0 radical (unpaired) electrons. The molecular formula is C15H18N2O4. The molecule has 1 N–H and O–H groups in total. The molecule has 0 atom stereocenters. The van der Waals surface area contributed by atoms with Crippen LogP contribution in [0.2, 0.25) is 0 Å². The fourth-order valence-corrected chi connectivity index (χ4v) is 2.29. The van der Waals surface area contributed by atoms with Gasteiger partial charge >= 0.3 is 0 Å². The van der Waals surface area contributed by atoms with Crippen LogP contribution in [0.4, 0.5) is 0 Å². The van der Waals surface area contributed by atoms with Crippen molar-refractivity contribution in [2.75, 3.05) is 13.8 Å². The number of aryl methyl sites for hydroxylation is 2. The minimum absolute atomic E-state index is 0.252. The molecule has 3 rings (SSSR count). The number of hydrogen-bond acceptors (Lipinski definition) is 6. The van der Waals surface area contributed by atoms with Gasteiger partial charge in [-0.25, -0.2) is 0 Å². The van der Waals surface area contributed by atoms with Crippen molar-refractivity contribution in [1.29, 1.82) is 0 Å². The SMILES string of the molecule is CNCc1cc2c(cc1OCc1c(C)noc1C)OCO2. The molecule has 0 amide bonds. The Morgan fingerprint density at radius 2 is 2.00 bits per heavy atom. The average Bonchev–Trinajstić information content (AvgIpc) is 3.04. The second kappa shape index (κ2) is 5.65. The summed E-state index contributed by atoms with van der Waals surface area (Å²) in [6.07, 6.45) is 0. The van der Waals surface area contributed by atoms with E-state index in [4.69, 9.17) is 18.7 Å². The van der Waals surface area contributed by atoms with Gasteiger partial charge in [0, 0.05) is 18.2 Å². The quantitative estimate of drug-likeness (QED) is 0.911. The van der Waals surface area contributed by atoms with Crippen LogP contribution in [0.15, 0.2) is 16.7 Å². The Labute approximate surface area is 123 Å². The van der Waals surface area contributed by atoms with Crippen molar-refractivity contribution in [3.63, 3.8) is 0 Å². The van der Waals surface area contributed by atoms with Crippen molar-refractivity contribution in [3.05, 3.63) is 34.7 Å². The highest BCUT2D eigenvalue weighted by molar-refractivity contribution is 5.51. The van der Waals surface area contributed by atoms with Crippen molar-refractivity contribution >= 4 is 0 Å². The Hall–Kier alpha value is -2.21. The molecule has 1 aromatic carbocycles. The molecule has 21 heavy (non-hydrogen) atoms. The minimum atomic E-state index is 0.252. The molecular weight excluding hydrogens is 272 g/mol. The maximum absolute atomic E-state index is 5.95. The molecule has 1 aliphatic rings. The van der Waals surface area contributed by atoms with Crippen LogP contribution in [0.5, 0.6) is 17.2 Å². The lowest BCUT2D eigenvalue weighted by molar-refractivity contribution is 0.173. The second-order valence-corrected chi connectivity index (χ2v) is 4.93. The Balaban J connectivity index is 1.84. The number of aromatic nitrogens is 1. The topological polar surface area (TPSA) is 65.8 Å². The summed E-state index contributed by atoms with van der Waals surface area (Å²) in [7, 11) is 1.89. The molecule has 0 fully saturated rings. The lowest BCUT2D eigenvalue weighted by atomic mass is 10.1. The zero-order valence-electron chi connectivity index (χ0n) is 12.4. The van der Waals surface area contributed by atoms with Gasteiger partial charge in [0.15, 0.2) is 11.5 Å². The molecule has 2 heterocycles. The highest BCUT2D eigenvalue weighted by Crippen LogP contribution is 2.38. The number of fused-ring (bicyclic) bond motifs is 1. The van der Waals surface area contributed by atoms with E-state index in [9.17, 15) is 0 Å². The number of rotatable bonds is 5. The molecule has 0 saturated heterocycles. The highest BCUT2D eigenvalue weighted by Gasteiger charge is 2.18. The first-order chi connectivity index (χ1) is 10.2. The van der Waals surface area contributed by atoms with Crippen LogP contribution in [-0.2, 0) is 13.2 Å². The van der Waals surface area contributed by atoms with E-state index in [2.05, 4.69) is 10.5 Å². The van der Waals surface area contributed by atoms with Crippen molar-refractivity contribution in [1.82, 2.24) is 10.5 Å². The number of nitrogens with zero attached hydrogens (tertiary/aromatic N) is 1. The third-order valence-corrected chi connectivity index (χ3v) is 3.48. The largest absolute Gasteiger partial charge is 0.488 e. The van der Waals surface area contributed by atoms with Gasteiger partial charge in [-0.05, 0) is 27.0 Å². The van der Waals surface area contributed by atoms with Gasteiger partial charge in [0.1, 0.15) is 18.1 Å². The first-order valence-electron chi connectivity index (χ1n) is 6.80. The third-order valence-electron chi connectivity index (χ3n) is 3.48. The van der Waals surface area contributed by atoms with Gasteiger partial charge in [-0.3, -0.25) is 0 Å². The van der Waals surface area contributed by atoms with Crippen LogP contribution in [0, 0.1) is 13.8 Å². The molecule has 1 aromatic heterocycles. The Kier molecular flexibility index (Phi) is 3.70. The molecule has 6 nitrogen and oxygen atoms in total. The summed E-state index contributed by atoms with van der Waals surface area (Å²) in [6.45, 7) is 5.14. The van der Waals surface area contributed by atoms with E-state index in [1.54, 1.807) is 0 Å². The van der Waals surface area contributed by atoms with Gasteiger partial charge in [-0.1, -0.05) is 5.16 Å². The summed E-state index contributed by atoms with van der Waals surface area (Å²) in [5.74, 6) is 3.02. The van der Waals surface area contributed by atoms with Crippen molar-refractivity contribution in [3.8, 4) is 17.2 Å². The summed E-state index contributed by atoms with van der Waals surface area (Å²) in [5.41, 5.74) is 2.85. The van der Waals surface area contributed by atoms with Gasteiger partial charge in [-0.15, -0.1) is 0 Å². The Morgan fingerprint density at radius 3 is 2.67 bits per heavy atom. The number of benzene rings is 1. The van der Waals surface area contributed by atoms with Gasteiger partial charge < -0.3 is 24.1 Å². The van der Waals surface area contributed by atoms with E-state index in [1.807, 2.05) is 33.0 Å². The highest BCUT2D eigenvalue weighted by atomic mass is 16.7. The molecule has 0 unspecified atom stereocenters. The summed E-state index contributed by atoms with van der Waals surface area (Å²) in [5, 5.41) is 7.06. The number of nitrogens with one attached hydrogen (secondary N) is 1. The van der Waals surface area contributed by atoms with Crippen LogP contribution in [-0.4, -0.2) is 19.0 Å². The summed E-state index contributed by atoms with van der Waals surface area (Å²) < 4.78 is 21.9. The fraction of sp³-hybridized carbons (Fsp3) is 0.400. The molecule has 1 aliphatic heterocycles. The zero-order chi connectivity index (χ0) is 14.8. The minimum Gasteiger partial charge on any atom is -0.488 e. The van der Waals surface area contributed by atoms with Crippen molar-refractivity contribution in [2.45, 2.75) is 27.0 Å². The number of ether oxygens (including phenoxy) is 3. The maximum atomic E-state index is 5.95. The molecule has 112 valence electrons. The van der Waals surface area contributed by atoms with Gasteiger partial charge in [-0.2, -0.15) is 0 Å². The zero-order valence-corrected chi connectivity index (χ0v) is 12.4. The first-order valence-corrected chi connectivity index (χ1v) is 6.80. The van der Waals surface area contributed by atoms with Crippen LogP contribution in [0.1, 0.15) is 22.6 Å². The van der Waals surface area contributed by atoms with E-state index in [0.717, 1.165) is 34.1 Å². The van der Waals surface area contributed by atoms with Crippen molar-refractivity contribution < 1.29 is 18.7 Å². The third kappa shape index (κ3) is 2.67. The standard InChI is InChI=1S/C15H18N2O4/c1-9-12(10(2)21-17-9)7-18-13-5-15-14(19-8-20-15)4-11(13)6-16-3/h4-5,16H,6-8H2,1-3H3. The molecule has 0 saturated carbocycles. The second-order valence-electron chi connectivity index (χ2n) is 4.93. The van der Waals surface area contributed by atoms with Gasteiger partial charge in [0.25, 0.3) is 0 Å². The predicted octanol–water partition coefficient (Wildman–Crippen LogP) is 2.32. The summed E-state index contributed by atoms with van der Waals surface area (Å²) >= 11 is 0. The van der Waals surface area contributed by atoms with Gasteiger partial charge in [0.2, 0.25) is 6.79 Å². The van der Waals surface area contributed by atoms with Crippen LogP contribution >= 0.6 is 0 Å². The molecule has 2 aromatic rings. The van der Waals surface area contributed by atoms with Crippen LogP contribution < -0.4 is 19.5 Å². The monoisotopic (exact) mass is 290 g/mol. The fourth-order valence-electron chi connectivity index (χ4n) is 2.29. The summed E-state index contributed by atoms with van der Waals surface area (Å²) in [6, 6.07) is 3.81. The van der Waals surface area contributed by atoms with Gasteiger partial charge in [0.05, 0.1) is 11.3 Å².